The first-order valence-corrected chi connectivity index (χ1v) is 6.76. The lowest BCUT2D eigenvalue weighted by atomic mass is 10.1. The molecule has 0 amide bonds. The van der Waals surface area contributed by atoms with Gasteiger partial charge in [-0.3, -0.25) is 4.98 Å². The molecule has 0 aliphatic heterocycles. The summed E-state index contributed by atoms with van der Waals surface area (Å²) in [5.74, 6) is 0. The van der Waals surface area contributed by atoms with Gasteiger partial charge >= 0.3 is 0 Å². The molecule has 0 saturated carbocycles. The third-order valence-corrected chi connectivity index (χ3v) is 3.30. The highest BCUT2D eigenvalue weighted by Gasteiger charge is 2.06. The summed E-state index contributed by atoms with van der Waals surface area (Å²) >= 11 is 0. The third kappa shape index (κ3) is 2.36. The van der Waals surface area contributed by atoms with Crippen molar-refractivity contribution in [3.05, 3.63) is 54.5 Å². The third-order valence-electron chi connectivity index (χ3n) is 3.30. The molecular formula is C16H17N3. The van der Waals surface area contributed by atoms with Gasteiger partial charge in [0.1, 0.15) is 0 Å². The van der Waals surface area contributed by atoms with Crippen LogP contribution in [0, 0.1) is 0 Å². The first-order valence-electron chi connectivity index (χ1n) is 6.76. The van der Waals surface area contributed by atoms with Crippen LogP contribution < -0.4 is 0 Å². The second-order valence-electron chi connectivity index (χ2n) is 4.73. The number of benzene rings is 1. The molecule has 0 fully saturated rings. The zero-order chi connectivity index (χ0) is 13.1. The smallest absolute Gasteiger partial charge is 0.0774 e. The molecule has 0 N–H and O–H groups in total. The van der Waals surface area contributed by atoms with E-state index < -0.39 is 0 Å². The van der Waals surface area contributed by atoms with Crippen molar-refractivity contribution >= 4 is 10.9 Å². The molecule has 3 nitrogen and oxygen atoms in total. The van der Waals surface area contributed by atoms with E-state index in [1.807, 2.05) is 35.3 Å². The van der Waals surface area contributed by atoms with E-state index in [0.29, 0.717) is 0 Å². The van der Waals surface area contributed by atoms with Gasteiger partial charge in [0.15, 0.2) is 0 Å². The summed E-state index contributed by atoms with van der Waals surface area (Å²) in [6.45, 7) is 2.20. The summed E-state index contributed by atoms with van der Waals surface area (Å²) in [6.07, 6.45) is 7.20. The standard InChI is InChI=1S/C16H17N3/c1-2-3-7-14-10-16-13(11-17-14)12-18-19(16)15-8-5-4-6-9-15/h4-6,8-12H,2-3,7H2,1H3. The molecule has 2 aromatic heterocycles. The molecule has 19 heavy (non-hydrogen) atoms. The van der Waals surface area contributed by atoms with Gasteiger partial charge in [0, 0.05) is 17.3 Å². The molecule has 0 spiro atoms. The van der Waals surface area contributed by atoms with Crippen LogP contribution in [0.5, 0.6) is 0 Å². The Morgan fingerprint density at radius 3 is 2.74 bits per heavy atom. The van der Waals surface area contributed by atoms with Crippen LogP contribution in [0.4, 0.5) is 0 Å². The van der Waals surface area contributed by atoms with Gasteiger partial charge in [-0.1, -0.05) is 31.5 Å². The number of hydrogen-bond donors (Lipinski definition) is 0. The van der Waals surface area contributed by atoms with Crippen molar-refractivity contribution in [2.24, 2.45) is 0 Å². The molecule has 0 radical (unpaired) electrons. The lowest BCUT2D eigenvalue weighted by molar-refractivity contribution is 0.777. The number of fused-ring (bicyclic) bond motifs is 1. The summed E-state index contributed by atoms with van der Waals surface area (Å²) in [5, 5.41) is 5.55. The van der Waals surface area contributed by atoms with Crippen molar-refractivity contribution in [2.45, 2.75) is 26.2 Å². The summed E-state index contributed by atoms with van der Waals surface area (Å²) < 4.78 is 1.98. The number of para-hydroxylation sites is 1. The maximum atomic E-state index is 4.50. The Morgan fingerprint density at radius 1 is 1.11 bits per heavy atom. The number of rotatable bonds is 4. The van der Waals surface area contributed by atoms with Crippen molar-refractivity contribution in [3.8, 4) is 5.69 Å². The molecule has 0 unspecified atom stereocenters. The maximum absolute atomic E-state index is 4.50. The molecule has 0 atom stereocenters. The molecule has 0 aliphatic carbocycles. The fourth-order valence-electron chi connectivity index (χ4n) is 2.23. The van der Waals surface area contributed by atoms with Gasteiger partial charge in [-0.2, -0.15) is 5.10 Å². The number of pyridine rings is 1. The van der Waals surface area contributed by atoms with Gasteiger partial charge in [0.05, 0.1) is 17.4 Å². The predicted octanol–water partition coefficient (Wildman–Crippen LogP) is 3.76. The summed E-state index contributed by atoms with van der Waals surface area (Å²) in [4.78, 5) is 4.50. The van der Waals surface area contributed by atoms with Crippen molar-refractivity contribution < 1.29 is 0 Å². The lowest BCUT2D eigenvalue weighted by Gasteiger charge is -2.04. The van der Waals surface area contributed by atoms with Crippen LogP contribution >= 0.6 is 0 Å². The molecular weight excluding hydrogens is 234 g/mol. The van der Waals surface area contributed by atoms with Crippen LogP contribution in [0.25, 0.3) is 16.6 Å². The Hall–Kier alpha value is -2.16. The Labute approximate surface area is 112 Å². The van der Waals surface area contributed by atoms with E-state index >= 15 is 0 Å². The van der Waals surface area contributed by atoms with Crippen LogP contribution in [-0.4, -0.2) is 14.8 Å². The largest absolute Gasteiger partial charge is 0.260 e. The highest BCUT2D eigenvalue weighted by molar-refractivity contribution is 5.79. The van der Waals surface area contributed by atoms with Crippen LogP contribution in [0.3, 0.4) is 0 Å². The Bertz CT molecular complexity index is 671. The van der Waals surface area contributed by atoms with Crippen LogP contribution in [-0.2, 0) is 6.42 Å². The average Bonchev–Trinajstić information content (AvgIpc) is 2.89. The molecule has 0 saturated heterocycles. The summed E-state index contributed by atoms with van der Waals surface area (Å²) in [6, 6.07) is 12.4. The normalized spacial score (nSPS) is 11.0. The van der Waals surface area contributed by atoms with Crippen LogP contribution in [0.1, 0.15) is 25.5 Å². The van der Waals surface area contributed by atoms with Gasteiger partial charge < -0.3 is 0 Å². The van der Waals surface area contributed by atoms with Gasteiger partial charge in [-0.05, 0) is 31.0 Å². The maximum Gasteiger partial charge on any atom is 0.0774 e. The van der Waals surface area contributed by atoms with Gasteiger partial charge in [0.2, 0.25) is 0 Å². The highest BCUT2D eigenvalue weighted by atomic mass is 15.3. The topological polar surface area (TPSA) is 30.7 Å². The molecule has 96 valence electrons. The molecule has 0 aliphatic rings. The van der Waals surface area contributed by atoms with E-state index in [9.17, 15) is 0 Å². The fourth-order valence-corrected chi connectivity index (χ4v) is 2.23. The molecule has 3 aromatic rings. The van der Waals surface area contributed by atoms with Crippen molar-refractivity contribution in [1.82, 2.24) is 14.8 Å². The van der Waals surface area contributed by atoms with Gasteiger partial charge in [0.25, 0.3) is 0 Å². The molecule has 0 bridgehead atoms. The first-order chi connectivity index (χ1) is 9.38. The number of hydrogen-bond acceptors (Lipinski definition) is 2. The quantitative estimate of drug-likeness (QED) is 0.706. The van der Waals surface area contributed by atoms with Crippen LogP contribution in [0.2, 0.25) is 0 Å². The van der Waals surface area contributed by atoms with E-state index in [1.54, 1.807) is 0 Å². The average molecular weight is 251 g/mol. The van der Waals surface area contributed by atoms with Gasteiger partial charge in [-0.15, -0.1) is 0 Å². The number of aromatic nitrogens is 3. The van der Waals surface area contributed by atoms with E-state index in [2.05, 4.69) is 35.2 Å². The molecule has 1 aromatic carbocycles. The van der Waals surface area contributed by atoms with Crippen molar-refractivity contribution in [1.29, 1.82) is 0 Å². The number of nitrogens with zero attached hydrogens (tertiary/aromatic N) is 3. The SMILES string of the molecule is CCCCc1cc2c(cn1)cnn2-c1ccccc1. The Balaban J connectivity index is 2.05. The lowest BCUT2D eigenvalue weighted by Crippen LogP contribution is -1.97. The molecule has 3 rings (SSSR count). The second-order valence-corrected chi connectivity index (χ2v) is 4.73. The Kier molecular flexibility index (Phi) is 3.27. The van der Waals surface area contributed by atoms with Crippen molar-refractivity contribution in [2.75, 3.05) is 0 Å². The zero-order valence-electron chi connectivity index (χ0n) is 11.1. The monoisotopic (exact) mass is 251 g/mol. The first kappa shape index (κ1) is 11.9. The summed E-state index contributed by atoms with van der Waals surface area (Å²) in [5.41, 5.74) is 3.37. The van der Waals surface area contributed by atoms with Gasteiger partial charge in [-0.25, -0.2) is 4.68 Å². The minimum absolute atomic E-state index is 1.03. The van der Waals surface area contributed by atoms with E-state index in [0.717, 1.165) is 28.7 Å². The van der Waals surface area contributed by atoms with E-state index in [1.165, 1.54) is 12.8 Å². The van der Waals surface area contributed by atoms with Crippen LogP contribution in [0.15, 0.2) is 48.8 Å². The highest BCUT2D eigenvalue weighted by Crippen LogP contribution is 2.18. The van der Waals surface area contributed by atoms with E-state index in [-0.39, 0.29) is 0 Å². The Morgan fingerprint density at radius 2 is 1.95 bits per heavy atom. The number of aryl methyl sites for hydroxylation is 1. The molecule has 2 heterocycles. The predicted molar refractivity (Wildman–Crippen MR) is 77.5 cm³/mol. The fraction of sp³-hybridized carbons (Fsp3) is 0.250. The second kappa shape index (κ2) is 5.22. The zero-order valence-corrected chi connectivity index (χ0v) is 11.1. The number of unbranched alkanes of at least 4 members (excludes halogenated alkanes) is 1. The minimum atomic E-state index is 1.03. The summed E-state index contributed by atoms with van der Waals surface area (Å²) in [7, 11) is 0. The van der Waals surface area contributed by atoms with Crippen molar-refractivity contribution in [3.63, 3.8) is 0 Å². The minimum Gasteiger partial charge on any atom is -0.260 e. The van der Waals surface area contributed by atoms with E-state index in [4.69, 9.17) is 0 Å². The molecule has 3 heteroatoms.